The Morgan fingerprint density at radius 1 is 1.32 bits per heavy atom. The van der Waals surface area contributed by atoms with Gasteiger partial charge in [-0.3, -0.25) is 9.59 Å². The molecule has 10 heteroatoms. The number of aliphatic hydroxyl groups is 1. The molecule has 152 valence electrons. The first kappa shape index (κ1) is 21.5. The molecular formula is C18H23FN4O5. The van der Waals surface area contributed by atoms with E-state index in [2.05, 4.69) is 10.2 Å². The summed E-state index contributed by atoms with van der Waals surface area (Å²) in [5.41, 5.74) is -0.777. The summed E-state index contributed by atoms with van der Waals surface area (Å²) in [5, 5.41) is 34.7. The fourth-order valence-electron chi connectivity index (χ4n) is 3.42. The van der Waals surface area contributed by atoms with Gasteiger partial charge in [-0.25, -0.2) is 4.39 Å². The summed E-state index contributed by atoms with van der Waals surface area (Å²) in [6.07, 6.45) is 2.69. The Morgan fingerprint density at radius 3 is 2.61 bits per heavy atom. The van der Waals surface area contributed by atoms with Crippen molar-refractivity contribution in [2.75, 3.05) is 19.6 Å². The van der Waals surface area contributed by atoms with Crippen LogP contribution in [0.5, 0.6) is 0 Å². The number of piperidine rings is 1. The Labute approximate surface area is 161 Å². The number of hydrogen-bond donors (Lipinski definition) is 3. The van der Waals surface area contributed by atoms with Crippen molar-refractivity contribution in [2.45, 2.75) is 25.5 Å². The van der Waals surface area contributed by atoms with Crippen LogP contribution in [-0.2, 0) is 22.6 Å². The number of nitrogens with zero attached hydrogens (tertiary/aromatic N) is 4. The van der Waals surface area contributed by atoms with Gasteiger partial charge in [0, 0.05) is 26.2 Å². The predicted molar refractivity (Wildman–Crippen MR) is 96.0 cm³/mol. The van der Waals surface area contributed by atoms with Crippen LogP contribution in [0, 0.1) is 11.2 Å². The van der Waals surface area contributed by atoms with Crippen LogP contribution < -0.4 is 0 Å². The minimum atomic E-state index is -1.35. The normalized spacial score (nSPS) is 22.1. The lowest BCUT2D eigenvalue weighted by atomic mass is 9.73. The first-order valence-corrected chi connectivity index (χ1v) is 8.70. The van der Waals surface area contributed by atoms with Gasteiger partial charge in [0.05, 0.1) is 6.10 Å². The Balaban J connectivity index is 0.000000878. The van der Waals surface area contributed by atoms with Crippen LogP contribution in [0.2, 0.25) is 0 Å². The molecule has 0 bridgehead atoms. The third-order valence-corrected chi connectivity index (χ3v) is 4.84. The van der Waals surface area contributed by atoms with E-state index in [0.717, 1.165) is 0 Å². The SMILES string of the molecule is O=C(O)[C@]1(Cc2cccc(F)c2)CN(CCn2cnnc2)CC[C@H]1O.O=CO. The van der Waals surface area contributed by atoms with Crippen molar-refractivity contribution in [1.82, 2.24) is 19.7 Å². The van der Waals surface area contributed by atoms with Gasteiger partial charge in [0.2, 0.25) is 0 Å². The number of carbonyl (C=O) groups is 2. The maximum absolute atomic E-state index is 13.5. The lowest BCUT2D eigenvalue weighted by molar-refractivity contribution is -0.163. The van der Waals surface area contributed by atoms with Gasteiger partial charge in [0.25, 0.3) is 6.47 Å². The number of aliphatic hydroxyl groups excluding tert-OH is 1. The summed E-state index contributed by atoms with van der Waals surface area (Å²) >= 11 is 0. The van der Waals surface area contributed by atoms with Gasteiger partial charge in [-0.15, -0.1) is 10.2 Å². The second-order valence-electron chi connectivity index (χ2n) is 6.65. The fraction of sp³-hybridized carbons (Fsp3) is 0.444. The third-order valence-electron chi connectivity index (χ3n) is 4.84. The molecule has 0 radical (unpaired) electrons. The summed E-state index contributed by atoms with van der Waals surface area (Å²) in [6.45, 7) is 1.84. The highest BCUT2D eigenvalue weighted by molar-refractivity contribution is 5.76. The molecule has 0 unspecified atom stereocenters. The van der Waals surface area contributed by atoms with Gasteiger partial charge >= 0.3 is 5.97 Å². The van der Waals surface area contributed by atoms with Crippen molar-refractivity contribution >= 4 is 12.4 Å². The van der Waals surface area contributed by atoms with Crippen LogP contribution in [0.15, 0.2) is 36.9 Å². The van der Waals surface area contributed by atoms with Crippen LogP contribution >= 0.6 is 0 Å². The van der Waals surface area contributed by atoms with Crippen molar-refractivity contribution in [3.63, 3.8) is 0 Å². The highest BCUT2D eigenvalue weighted by Crippen LogP contribution is 2.34. The summed E-state index contributed by atoms with van der Waals surface area (Å²) in [6, 6.07) is 5.89. The number of carboxylic acids is 1. The number of aliphatic carboxylic acids is 1. The van der Waals surface area contributed by atoms with Crippen LogP contribution in [0.25, 0.3) is 0 Å². The highest BCUT2D eigenvalue weighted by Gasteiger charge is 2.49. The molecule has 0 saturated carbocycles. The van der Waals surface area contributed by atoms with Crippen LogP contribution in [0.4, 0.5) is 4.39 Å². The van der Waals surface area contributed by atoms with Crippen molar-refractivity contribution in [3.8, 4) is 0 Å². The summed E-state index contributed by atoms with van der Waals surface area (Å²) in [4.78, 5) is 22.4. The molecule has 2 atom stereocenters. The third kappa shape index (κ3) is 5.33. The zero-order valence-electron chi connectivity index (χ0n) is 15.2. The molecule has 1 aliphatic heterocycles. The minimum absolute atomic E-state index is 0.0877. The number of hydrogen-bond acceptors (Lipinski definition) is 6. The molecule has 0 amide bonds. The highest BCUT2D eigenvalue weighted by atomic mass is 19.1. The topological polar surface area (TPSA) is 129 Å². The van der Waals surface area contributed by atoms with Gasteiger partial charge in [0.15, 0.2) is 0 Å². The lowest BCUT2D eigenvalue weighted by Crippen LogP contribution is -2.57. The Morgan fingerprint density at radius 2 is 2.00 bits per heavy atom. The Bertz CT molecular complexity index is 773. The standard InChI is InChI=1S/C17H21FN4O3.CH2O2/c18-14-3-1-2-13(8-14)9-17(16(24)25)10-21(5-4-15(17)23)6-7-22-11-19-20-12-22;2-1-3/h1-3,8,11-12,15,23H,4-7,9-10H2,(H,24,25);1H,(H,2,3)/t15-,17-;/m1./s1. The number of carboxylic acid groups (broad SMARTS) is 2. The molecule has 0 aliphatic carbocycles. The average molecular weight is 394 g/mol. The molecule has 3 N–H and O–H groups in total. The average Bonchev–Trinajstić information content (AvgIpc) is 3.16. The molecule has 3 rings (SSSR count). The molecule has 0 spiro atoms. The fourth-order valence-corrected chi connectivity index (χ4v) is 3.42. The first-order chi connectivity index (χ1) is 13.4. The number of likely N-dealkylation sites (tertiary alicyclic amines) is 1. The van der Waals surface area contributed by atoms with E-state index in [-0.39, 0.29) is 19.4 Å². The molecule has 2 heterocycles. The second kappa shape index (κ2) is 9.90. The van der Waals surface area contributed by atoms with Crippen molar-refractivity contribution < 1.29 is 29.3 Å². The Hall–Kier alpha value is -2.85. The largest absolute Gasteiger partial charge is 0.483 e. The number of rotatable bonds is 6. The molecule has 9 nitrogen and oxygen atoms in total. The van der Waals surface area contributed by atoms with E-state index in [1.807, 2.05) is 9.47 Å². The van der Waals surface area contributed by atoms with E-state index in [9.17, 15) is 19.4 Å². The van der Waals surface area contributed by atoms with Crippen molar-refractivity contribution in [1.29, 1.82) is 0 Å². The van der Waals surface area contributed by atoms with E-state index in [4.69, 9.17) is 9.90 Å². The van der Waals surface area contributed by atoms with E-state index < -0.39 is 23.3 Å². The summed E-state index contributed by atoms with van der Waals surface area (Å²) in [7, 11) is 0. The zero-order chi connectivity index (χ0) is 20.6. The minimum Gasteiger partial charge on any atom is -0.483 e. The van der Waals surface area contributed by atoms with Gasteiger partial charge in [-0.2, -0.15) is 0 Å². The molecule has 28 heavy (non-hydrogen) atoms. The van der Waals surface area contributed by atoms with Gasteiger partial charge < -0.3 is 24.8 Å². The molecule has 1 fully saturated rings. The van der Waals surface area contributed by atoms with Gasteiger partial charge in [-0.05, 0) is 30.5 Å². The molecule has 1 saturated heterocycles. The lowest BCUT2D eigenvalue weighted by Gasteiger charge is -2.43. The molecule has 1 aliphatic rings. The van der Waals surface area contributed by atoms with E-state index in [1.165, 1.54) is 12.1 Å². The van der Waals surface area contributed by atoms with Gasteiger partial charge in [-0.1, -0.05) is 12.1 Å². The monoisotopic (exact) mass is 394 g/mol. The maximum atomic E-state index is 13.5. The summed E-state index contributed by atoms with van der Waals surface area (Å²) < 4.78 is 15.3. The number of benzene rings is 1. The van der Waals surface area contributed by atoms with E-state index in [0.29, 0.717) is 31.6 Å². The molecule has 1 aromatic heterocycles. The van der Waals surface area contributed by atoms with Gasteiger partial charge in [0.1, 0.15) is 23.9 Å². The van der Waals surface area contributed by atoms with Crippen molar-refractivity contribution in [3.05, 3.63) is 48.3 Å². The van der Waals surface area contributed by atoms with Crippen LogP contribution in [0.1, 0.15) is 12.0 Å². The maximum Gasteiger partial charge on any atom is 0.313 e. The first-order valence-electron chi connectivity index (χ1n) is 8.70. The number of aromatic nitrogens is 3. The smallest absolute Gasteiger partial charge is 0.313 e. The molecule has 2 aromatic rings. The second-order valence-corrected chi connectivity index (χ2v) is 6.65. The van der Waals surface area contributed by atoms with Crippen LogP contribution in [-0.4, -0.2) is 73.2 Å². The predicted octanol–water partition coefficient (Wildman–Crippen LogP) is 0.498. The zero-order valence-corrected chi connectivity index (χ0v) is 15.2. The van der Waals surface area contributed by atoms with E-state index in [1.54, 1.807) is 24.8 Å². The molecular weight excluding hydrogens is 371 g/mol. The van der Waals surface area contributed by atoms with E-state index >= 15 is 0 Å². The quantitative estimate of drug-likeness (QED) is 0.604. The summed E-state index contributed by atoms with van der Waals surface area (Å²) in [5.74, 6) is -1.47. The number of halogens is 1. The van der Waals surface area contributed by atoms with Crippen LogP contribution in [0.3, 0.4) is 0 Å². The Kier molecular flexibility index (Phi) is 7.59. The molecule has 1 aromatic carbocycles. The van der Waals surface area contributed by atoms with Crippen molar-refractivity contribution in [2.24, 2.45) is 5.41 Å².